The van der Waals surface area contributed by atoms with Gasteiger partial charge in [-0.05, 0) is 94.8 Å². The molecule has 3 aliphatic heterocycles. The minimum atomic E-state index is -4.65. The van der Waals surface area contributed by atoms with Crippen LogP contribution in [0.2, 0.25) is 0 Å². The number of methoxy groups -OCH3 is 1. The molecule has 2 aromatic rings. The number of imide groups is 1. The number of anilines is 1. The highest BCUT2D eigenvalue weighted by Gasteiger charge is 2.48. The van der Waals surface area contributed by atoms with Crippen LogP contribution in [0.15, 0.2) is 82.3 Å². The number of nitrogens with one attached hydrogen (secondary N) is 1. The van der Waals surface area contributed by atoms with Gasteiger partial charge in [-0.3, -0.25) is 33.5 Å². The van der Waals surface area contributed by atoms with Crippen LogP contribution in [0.4, 0.5) is 11.4 Å². The summed E-state index contributed by atoms with van der Waals surface area (Å²) in [5, 5.41) is 0.636. The van der Waals surface area contributed by atoms with E-state index >= 15 is 0 Å². The maximum Gasteiger partial charge on any atom is 0.294 e. The molecular formula is C39H49N4O13S3+. The zero-order chi connectivity index (χ0) is 43.6. The SMILES string of the molecule is CCN1/C(=C/C=C/C2=[N+](CCCCCC(=O)NN3C(=O)C=CC3=O)c3ccc(S(=O)(=O)O)cc3C2(C)CCCS(=O)(=O)O)C(C)(CCOC)c2cc(S(=O)(=O)O)ccc21. The van der Waals surface area contributed by atoms with E-state index in [-0.39, 0.29) is 29.1 Å². The highest BCUT2D eigenvalue weighted by molar-refractivity contribution is 7.86. The predicted molar refractivity (Wildman–Crippen MR) is 217 cm³/mol. The smallest absolute Gasteiger partial charge is 0.294 e. The van der Waals surface area contributed by atoms with Crippen molar-refractivity contribution in [1.29, 1.82) is 0 Å². The molecule has 2 unspecified atom stereocenters. The fourth-order valence-corrected chi connectivity index (χ4v) is 9.58. The van der Waals surface area contributed by atoms with Crippen molar-refractivity contribution in [3.05, 3.63) is 83.6 Å². The van der Waals surface area contributed by atoms with Crippen LogP contribution in [-0.2, 0) is 60.3 Å². The Labute approximate surface area is 344 Å². The summed E-state index contributed by atoms with van der Waals surface area (Å²) in [6, 6.07) is 8.63. The summed E-state index contributed by atoms with van der Waals surface area (Å²) in [5.41, 5.74) is 4.43. The van der Waals surface area contributed by atoms with E-state index in [9.17, 15) is 53.3 Å². The lowest BCUT2D eigenvalue weighted by atomic mass is 9.75. The summed E-state index contributed by atoms with van der Waals surface area (Å²) in [7, 11) is -12.0. The number of fused-ring (bicyclic) bond motifs is 2. The number of hydrogen-bond acceptors (Lipinski definition) is 11. The second-order valence-corrected chi connectivity index (χ2v) is 19.4. The van der Waals surface area contributed by atoms with E-state index in [0.717, 1.165) is 23.5 Å². The van der Waals surface area contributed by atoms with Gasteiger partial charge in [0, 0.05) is 79.8 Å². The third-order valence-electron chi connectivity index (χ3n) is 11.1. The maximum absolute atomic E-state index is 12.5. The summed E-state index contributed by atoms with van der Waals surface area (Å²) >= 11 is 0. The number of hydrogen-bond donors (Lipinski definition) is 4. The molecule has 3 aliphatic rings. The third kappa shape index (κ3) is 9.91. The summed E-state index contributed by atoms with van der Waals surface area (Å²) in [6.07, 6.45) is 9.66. The Bertz CT molecular complexity index is 2480. The summed E-state index contributed by atoms with van der Waals surface area (Å²) < 4.78 is 110. The molecule has 320 valence electrons. The van der Waals surface area contributed by atoms with Gasteiger partial charge in [-0.15, -0.1) is 0 Å². The number of unbranched alkanes of at least 4 members (excludes halogenated alkanes) is 2. The molecule has 0 radical (unpaired) electrons. The first-order valence-corrected chi connectivity index (χ1v) is 23.4. The number of nitrogens with zero attached hydrogens (tertiary/aromatic N) is 3. The van der Waals surface area contributed by atoms with E-state index in [0.29, 0.717) is 72.9 Å². The second kappa shape index (κ2) is 17.6. The largest absolute Gasteiger partial charge is 0.385 e. The fourth-order valence-electron chi connectivity index (χ4n) is 8.06. The average Bonchev–Trinajstić information content (AvgIpc) is 3.68. The quantitative estimate of drug-likeness (QED) is 0.0675. The fraction of sp³-hybridized carbons (Fsp3) is 0.436. The van der Waals surface area contributed by atoms with Crippen molar-refractivity contribution in [2.75, 3.05) is 37.5 Å². The second-order valence-electron chi connectivity index (χ2n) is 15.0. The highest BCUT2D eigenvalue weighted by Crippen LogP contribution is 2.51. The van der Waals surface area contributed by atoms with E-state index in [4.69, 9.17) is 4.74 Å². The van der Waals surface area contributed by atoms with Crippen molar-refractivity contribution < 1.29 is 62.6 Å². The summed E-state index contributed by atoms with van der Waals surface area (Å²) in [5.74, 6) is -2.37. The third-order valence-corrected chi connectivity index (χ3v) is 13.6. The lowest BCUT2D eigenvalue weighted by molar-refractivity contribution is -0.438. The Hall–Kier alpha value is -4.57. The Kier molecular flexibility index (Phi) is 13.6. The molecule has 0 bridgehead atoms. The molecule has 59 heavy (non-hydrogen) atoms. The van der Waals surface area contributed by atoms with Crippen molar-refractivity contribution in [1.82, 2.24) is 10.4 Å². The van der Waals surface area contributed by atoms with Crippen LogP contribution in [-0.4, -0.2) is 104 Å². The molecular weight excluding hydrogens is 829 g/mol. The minimum absolute atomic E-state index is 0.00604. The first-order valence-electron chi connectivity index (χ1n) is 18.9. The van der Waals surface area contributed by atoms with Crippen molar-refractivity contribution in [2.24, 2.45) is 0 Å². The molecule has 0 aliphatic carbocycles. The molecule has 2 atom stereocenters. The van der Waals surface area contributed by atoms with Crippen molar-refractivity contribution in [3.63, 3.8) is 0 Å². The first kappa shape index (κ1) is 45.5. The van der Waals surface area contributed by atoms with Crippen molar-refractivity contribution in [2.45, 2.75) is 86.3 Å². The number of hydrazine groups is 1. The maximum atomic E-state index is 12.5. The van der Waals surface area contributed by atoms with E-state index in [1.54, 1.807) is 25.3 Å². The number of ether oxygens (including phenoxy) is 1. The molecule has 0 spiro atoms. The van der Waals surface area contributed by atoms with Crippen LogP contribution in [0.3, 0.4) is 0 Å². The van der Waals surface area contributed by atoms with Gasteiger partial charge in [-0.2, -0.15) is 34.8 Å². The van der Waals surface area contributed by atoms with E-state index in [2.05, 4.69) is 5.43 Å². The Morgan fingerprint density at radius 2 is 1.47 bits per heavy atom. The number of likely N-dealkylation sites (N-methyl/N-ethyl adjacent to an activating group) is 1. The van der Waals surface area contributed by atoms with Gasteiger partial charge in [0.1, 0.15) is 6.54 Å². The number of allylic oxidation sites excluding steroid dienone is 4. The molecule has 3 heterocycles. The Morgan fingerprint density at radius 1 is 0.847 bits per heavy atom. The van der Waals surface area contributed by atoms with E-state index in [1.807, 2.05) is 42.4 Å². The van der Waals surface area contributed by atoms with Crippen LogP contribution in [0.1, 0.15) is 76.8 Å². The molecule has 0 fully saturated rings. The highest BCUT2D eigenvalue weighted by atomic mass is 32.2. The van der Waals surface area contributed by atoms with Gasteiger partial charge in [0.25, 0.3) is 42.2 Å². The van der Waals surface area contributed by atoms with E-state index < -0.39 is 64.7 Å². The molecule has 3 amide bonds. The molecule has 0 saturated carbocycles. The van der Waals surface area contributed by atoms with Gasteiger partial charge >= 0.3 is 0 Å². The molecule has 4 N–H and O–H groups in total. The minimum Gasteiger partial charge on any atom is -0.385 e. The Morgan fingerprint density at radius 3 is 2.07 bits per heavy atom. The molecule has 2 aromatic carbocycles. The molecule has 17 nitrogen and oxygen atoms in total. The van der Waals surface area contributed by atoms with Gasteiger partial charge in [-0.25, -0.2) is 0 Å². The van der Waals surface area contributed by atoms with Gasteiger partial charge in [-0.1, -0.05) is 6.08 Å². The average molecular weight is 878 g/mol. The monoisotopic (exact) mass is 877 g/mol. The normalized spacial score (nSPS) is 21.4. The summed E-state index contributed by atoms with van der Waals surface area (Å²) in [6.45, 7) is 6.89. The molecule has 0 saturated heterocycles. The van der Waals surface area contributed by atoms with E-state index in [1.165, 1.54) is 24.3 Å². The topological polar surface area (TPSA) is 245 Å². The number of carbonyl (C=O) groups excluding carboxylic acids is 3. The number of amides is 3. The molecule has 20 heteroatoms. The van der Waals surface area contributed by atoms with Crippen molar-refractivity contribution in [3.8, 4) is 0 Å². The molecule has 0 aromatic heterocycles. The number of carbonyl (C=O) groups is 3. The van der Waals surface area contributed by atoms with Gasteiger partial charge in [0.05, 0.1) is 21.0 Å². The lowest BCUT2D eigenvalue weighted by Crippen LogP contribution is -2.45. The first-order chi connectivity index (χ1) is 27.5. The van der Waals surface area contributed by atoms with Gasteiger partial charge < -0.3 is 9.64 Å². The van der Waals surface area contributed by atoms with Gasteiger partial charge in [0.2, 0.25) is 11.6 Å². The summed E-state index contributed by atoms with van der Waals surface area (Å²) in [4.78, 5) is 37.6. The lowest BCUT2D eigenvalue weighted by Gasteiger charge is -2.29. The zero-order valence-electron chi connectivity index (χ0n) is 33.1. The van der Waals surface area contributed by atoms with Crippen LogP contribution < -0.4 is 10.3 Å². The van der Waals surface area contributed by atoms with Gasteiger partial charge in [0.15, 0.2) is 5.71 Å². The number of benzene rings is 2. The number of rotatable bonds is 19. The van der Waals surface area contributed by atoms with Crippen molar-refractivity contribution >= 4 is 65.2 Å². The standard InChI is InChI=1S/C39H48N4O13S3/c1-5-41-31-16-14-27(58(50,51)52)25-29(31)39(3,21-23-56-4)33(41)11-9-12-34-38(2,20-10-24-57(47,48)49)30-26-28(59(53,54)55)15-17-32(30)42(34)22-8-6-7-13-35(44)40-43-36(45)18-19-37(43)46/h9,11-12,14-19,25-26H,5-8,10,13,20-24H2,1-4H3,(H3-,40,44,47,48,49,50,51,52,53,54,55)/p+1. The molecule has 5 rings (SSSR count). The van der Waals surface area contributed by atoms with Crippen LogP contribution in [0, 0.1) is 0 Å². The van der Waals surface area contributed by atoms with Crippen LogP contribution >= 0.6 is 0 Å². The Balaban J connectivity index is 1.54. The van der Waals surface area contributed by atoms with Crippen LogP contribution in [0.25, 0.3) is 0 Å². The predicted octanol–water partition coefficient (Wildman–Crippen LogP) is 4.00. The zero-order valence-corrected chi connectivity index (χ0v) is 35.6. The van der Waals surface area contributed by atoms with Crippen LogP contribution in [0.5, 0.6) is 0 Å².